The van der Waals surface area contributed by atoms with E-state index in [1.807, 2.05) is 19.9 Å². The number of aromatic nitrogens is 2. The minimum absolute atomic E-state index is 0.0411. The summed E-state index contributed by atoms with van der Waals surface area (Å²) in [5, 5.41) is 5.00. The lowest BCUT2D eigenvalue weighted by Crippen LogP contribution is -2.36. The van der Waals surface area contributed by atoms with Crippen molar-refractivity contribution in [2.75, 3.05) is 13.7 Å². The van der Waals surface area contributed by atoms with E-state index in [0.29, 0.717) is 29.0 Å². The van der Waals surface area contributed by atoms with Crippen molar-refractivity contribution in [1.82, 2.24) is 9.97 Å². The molecule has 0 bridgehead atoms. The van der Waals surface area contributed by atoms with Crippen LogP contribution < -0.4 is 5.14 Å². The molecule has 0 aromatic carbocycles. The Balaban J connectivity index is 1.86. The molecule has 1 aliphatic rings. The number of aryl methyl sites for hydroxylation is 2. The van der Waals surface area contributed by atoms with Gasteiger partial charge in [-0.3, -0.25) is 8.98 Å². The fourth-order valence-electron chi connectivity index (χ4n) is 4.57. The van der Waals surface area contributed by atoms with E-state index >= 15 is 0 Å². The number of ether oxygens (including phenoxy) is 1. The van der Waals surface area contributed by atoms with Crippen LogP contribution in [0, 0.1) is 31.1 Å². The average Bonchev–Trinajstić information content (AvgIpc) is 3.15. The molecule has 2 aromatic heterocycles. The zero-order chi connectivity index (χ0) is 23.0. The SMILES string of the molecule is CO[C@@H]1[C@@H](COS(N)(=O)=O)C[C@@H](Cc2ncncc2C(=O)c2cc(C)c(C)s2)C1(C)C. The molecule has 2 N–H and O–H groups in total. The number of thiophene rings is 1. The van der Waals surface area contributed by atoms with Crippen LogP contribution in [-0.4, -0.2) is 44.0 Å². The van der Waals surface area contributed by atoms with Gasteiger partial charge in [-0.25, -0.2) is 15.1 Å². The fourth-order valence-corrected chi connectivity index (χ4v) is 5.92. The lowest BCUT2D eigenvalue weighted by Gasteiger charge is -2.33. The average molecular weight is 468 g/mol. The summed E-state index contributed by atoms with van der Waals surface area (Å²) in [6.07, 6.45) is 4.02. The number of carbonyl (C=O) groups is 1. The van der Waals surface area contributed by atoms with Crippen LogP contribution in [0.3, 0.4) is 0 Å². The minimum Gasteiger partial charge on any atom is -0.381 e. The van der Waals surface area contributed by atoms with Gasteiger partial charge in [-0.05, 0) is 49.7 Å². The van der Waals surface area contributed by atoms with Gasteiger partial charge in [-0.1, -0.05) is 13.8 Å². The van der Waals surface area contributed by atoms with Gasteiger partial charge in [0, 0.05) is 24.1 Å². The zero-order valence-electron chi connectivity index (χ0n) is 18.4. The normalized spacial score (nSPS) is 23.2. The molecule has 8 nitrogen and oxygen atoms in total. The summed E-state index contributed by atoms with van der Waals surface area (Å²) in [4.78, 5) is 23.5. The predicted molar refractivity (Wildman–Crippen MR) is 118 cm³/mol. The highest BCUT2D eigenvalue weighted by Gasteiger charge is 2.50. The number of nitrogens with two attached hydrogens (primary N) is 1. The van der Waals surface area contributed by atoms with Crippen molar-refractivity contribution in [2.45, 2.75) is 46.6 Å². The van der Waals surface area contributed by atoms with Crippen molar-refractivity contribution < 1.29 is 22.1 Å². The smallest absolute Gasteiger partial charge is 0.333 e. The number of methoxy groups -OCH3 is 1. The molecule has 0 aliphatic heterocycles. The van der Waals surface area contributed by atoms with Gasteiger partial charge in [0.15, 0.2) is 0 Å². The molecular formula is C21H29N3O5S2. The third kappa shape index (κ3) is 5.20. The van der Waals surface area contributed by atoms with E-state index < -0.39 is 10.3 Å². The first-order chi connectivity index (χ1) is 14.4. The molecule has 1 saturated carbocycles. The van der Waals surface area contributed by atoms with Gasteiger partial charge in [-0.2, -0.15) is 8.42 Å². The third-order valence-electron chi connectivity index (χ3n) is 6.37. The Morgan fingerprint density at radius 2 is 2.06 bits per heavy atom. The number of carbonyl (C=O) groups excluding carboxylic acids is 1. The van der Waals surface area contributed by atoms with E-state index in [1.54, 1.807) is 13.3 Å². The molecule has 0 spiro atoms. The van der Waals surface area contributed by atoms with Crippen LogP contribution in [-0.2, 0) is 25.6 Å². The first kappa shape index (κ1) is 23.9. The highest BCUT2D eigenvalue weighted by atomic mass is 32.2. The van der Waals surface area contributed by atoms with E-state index in [2.05, 4.69) is 23.8 Å². The van der Waals surface area contributed by atoms with Crippen LogP contribution in [0.15, 0.2) is 18.6 Å². The van der Waals surface area contributed by atoms with Crippen molar-refractivity contribution in [1.29, 1.82) is 0 Å². The monoisotopic (exact) mass is 467 g/mol. The predicted octanol–water partition coefficient (Wildman–Crippen LogP) is 2.83. The van der Waals surface area contributed by atoms with Crippen molar-refractivity contribution in [2.24, 2.45) is 22.4 Å². The molecule has 3 rings (SSSR count). The Hall–Kier alpha value is -1.72. The molecule has 2 heterocycles. The van der Waals surface area contributed by atoms with Crippen LogP contribution in [0.2, 0.25) is 0 Å². The molecule has 1 fully saturated rings. The minimum atomic E-state index is -4.03. The summed E-state index contributed by atoms with van der Waals surface area (Å²) in [6.45, 7) is 8.10. The van der Waals surface area contributed by atoms with Gasteiger partial charge >= 0.3 is 10.3 Å². The standard InChI is InChI=1S/C21H29N3O5S2/c1-12-6-18(30-13(12)2)19(25)16-9-23-11-24-17(16)8-15-7-14(10-29-31(22,26)27)20(28-5)21(15,3)4/h6,9,11,14-15,20H,7-8,10H2,1-5H3,(H2,22,26,27)/t14-,15+,20-/m1/s1. The second kappa shape index (κ2) is 9.03. The maximum Gasteiger partial charge on any atom is 0.333 e. The molecule has 0 radical (unpaired) electrons. The first-order valence-electron chi connectivity index (χ1n) is 10.0. The van der Waals surface area contributed by atoms with Gasteiger partial charge in [0.25, 0.3) is 0 Å². The van der Waals surface area contributed by atoms with Crippen molar-refractivity contribution >= 4 is 27.4 Å². The molecular weight excluding hydrogens is 438 g/mol. The Kier molecular flexibility index (Phi) is 6.97. The van der Waals surface area contributed by atoms with Gasteiger partial charge < -0.3 is 4.74 Å². The summed E-state index contributed by atoms with van der Waals surface area (Å²) < 4.78 is 33.1. The molecule has 10 heteroatoms. The summed E-state index contributed by atoms with van der Waals surface area (Å²) >= 11 is 1.47. The van der Waals surface area contributed by atoms with Gasteiger partial charge in [0.1, 0.15) is 6.33 Å². The summed E-state index contributed by atoms with van der Waals surface area (Å²) in [5.74, 6) is -0.128. The second-order valence-electron chi connectivity index (χ2n) is 8.71. The quantitative estimate of drug-likeness (QED) is 0.592. The first-order valence-corrected chi connectivity index (χ1v) is 12.3. The molecule has 0 amide bonds. The van der Waals surface area contributed by atoms with Gasteiger partial charge in [-0.15, -0.1) is 11.3 Å². The number of rotatable bonds is 8. The second-order valence-corrected chi connectivity index (χ2v) is 11.2. The Labute approximate surface area is 187 Å². The molecule has 31 heavy (non-hydrogen) atoms. The van der Waals surface area contributed by atoms with Crippen LogP contribution >= 0.6 is 11.3 Å². The van der Waals surface area contributed by atoms with Gasteiger partial charge in [0.2, 0.25) is 5.78 Å². The number of nitrogens with zero attached hydrogens (tertiary/aromatic N) is 2. The maximum atomic E-state index is 13.2. The Morgan fingerprint density at radius 1 is 1.35 bits per heavy atom. The molecule has 0 unspecified atom stereocenters. The molecule has 3 atom stereocenters. The van der Waals surface area contributed by atoms with E-state index in [9.17, 15) is 13.2 Å². The Morgan fingerprint density at radius 3 is 2.65 bits per heavy atom. The summed E-state index contributed by atoms with van der Waals surface area (Å²) in [7, 11) is -2.42. The van der Waals surface area contributed by atoms with Gasteiger partial charge in [0.05, 0.1) is 28.8 Å². The molecule has 2 aromatic rings. The van der Waals surface area contributed by atoms with E-state index in [0.717, 1.165) is 10.4 Å². The molecule has 170 valence electrons. The van der Waals surface area contributed by atoms with E-state index in [4.69, 9.17) is 14.1 Å². The third-order valence-corrected chi connectivity index (χ3v) is 7.99. The largest absolute Gasteiger partial charge is 0.381 e. The molecule has 1 aliphatic carbocycles. The summed E-state index contributed by atoms with van der Waals surface area (Å²) in [6, 6.07) is 1.90. The highest BCUT2D eigenvalue weighted by Crippen LogP contribution is 2.49. The fraction of sp³-hybridized carbons (Fsp3) is 0.571. The highest BCUT2D eigenvalue weighted by molar-refractivity contribution is 7.84. The number of hydrogen-bond acceptors (Lipinski definition) is 8. The maximum absolute atomic E-state index is 13.2. The number of hydrogen-bond donors (Lipinski definition) is 1. The van der Waals surface area contributed by atoms with Crippen LogP contribution in [0.25, 0.3) is 0 Å². The Bertz CT molecular complexity index is 1050. The number of ketones is 1. The zero-order valence-corrected chi connectivity index (χ0v) is 20.0. The lowest BCUT2D eigenvalue weighted by molar-refractivity contribution is -0.0191. The van der Waals surface area contributed by atoms with Crippen molar-refractivity contribution in [3.05, 3.63) is 45.2 Å². The van der Waals surface area contributed by atoms with E-state index in [1.165, 1.54) is 17.7 Å². The molecule has 0 saturated heterocycles. The van der Waals surface area contributed by atoms with Crippen LogP contribution in [0.5, 0.6) is 0 Å². The topological polar surface area (TPSA) is 121 Å². The lowest BCUT2D eigenvalue weighted by atomic mass is 9.77. The summed E-state index contributed by atoms with van der Waals surface area (Å²) in [5.41, 5.74) is 1.98. The van der Waals surface area contributed by atoms with Crippen molar-refractivity contribution in [3.8, 4) is 0 Å². The van der Waals surface area contributed by atoms with Crippen molar-refractivity contribution in [3.63, 3.8) is 0 Å². The van der Waals surface area contributed by atoms with Crippen LogP contribution in [0.4, 0.5) is 0 Å². The van der Waals surface area contributed by atoms with Crippen LogP contribution in [0.1, 0.15) is 51.6 Å². The van der Waals surface area contributed by atoms with E-state index in [-0.39, 0.29) is 35.7 Å².